The number of aryl methyl sites for hydroxylation is 3. The number of rotatable bonds is 8. The minimum atomic E-state index is -3.87. The molecule has 0 unspecified atom stereocenters. The molecule has 1 atom stereocenters. The number of sulfonamides is 1. The average molecular weight is 420 g/mol. The van der Waals surface area contributed by atoms with E-state index in [1.807, 2.05) is 51.1 Å². The first-order chi connectivity index (χ1) is 13.5. The molecule has 0 radical (unpaired) electrons. The van der Waals surface area contributed by atoms with Crippen molar-refractivity contribution in [3.8, 4) is 5.75 Å². The summed E-state index contributed by atoms with van der Waals surface area (Å²) in [6.45, 7) is 10.9. The number of hydrogen-bond donors (Lipinski definition) is 1. The maximum atomic E-state index is 12.9. The highest BCUT2D eigenvalue weighted by atomic mass is 32.2. The molecule has 0 saturated carbocycles. The fraction of sp³-hybridized carbons (Fsp3) is 0.409. The summed E-state index contributed by atoms with van der Waals surface area (Å²) in [6, 6.07) is 8.46. The molecular weight excluding hydrogens is 390 g/mol. The van der Waals surface area contributed by atoms with Gasteiger partial charge >= 0.3 is 5.97 Å². The van der Waals surface area contributed by atoms with Crippen LogP contribution in [0.25, 0.3) is 0 Å². The molecule has 2 aromatic rings. The van der Waals surface area contributed by atoms with Crippen LogP contribution in [0.4, 0.5) is 0 Å². The summed E-state index contributed by atoms with van der Waals surface area (Å²) in [5.74, 6) is 0.0296. The third kappa shape index (κ3) is 5.81. The zero-order valence-corrected chi connectivity index (χ0v) is 18.6. The summed E-state index contributed by atoms with van der Waals surface area (Å²) >= 11 is 0. The lowest BCUT2D eigenvalue weighted by Crippen LogP contribution is -2.40. The minimum Gasteiger partial charge on any atom is -0.490 e. The Hall–Kier alpha value is -2.38. The number of ether oxygens (including phenoxy) is 2. The van der Waals surface area contributed by atoms with Gasteiger partial charge in [-0.2, -0.15) is 4.72 Å². The molecule has 2 aromatic carbocycles. The molecule has 29 heavy (non-hydrogen) atoms. The Morgan fingerprint density at radius 3 is 2.07 bits per heavy atom. The van der Waals surface area contributed by atoms with Crippen LogP contribution in [0, 0.1) is 34.6 Å². The second-order valence-electron chi connectivity index (χ2n) is 7.26. The molecule has 0 fully saturated rings. The van der Waals surface area contributed by atoms with Crippen LogP contribution >= 0.6 is 0 Å². The van der Waals surface area contributed by atoms with E-state index in [9.17, 15) is 13.2 Å². The average Bonchev–Trinajstić information content (AvgIpc) is 2.64. The summed E-state index contributed by atoms with van der Waals surface area (Å²) in [6.07, 6.45) is 0. The van der Waals surface area contributed by atoms with E-state index in [-0.39, 0.29) is 18.1 Å². The molecule has 0 saturated heterocycles. The van der Waals surface area contributed by atoms with E-state index in [4.69, 9.17) is 9.47 Å². The first-order valence-corrected chi connectivity index (χ1v) is 11.0. The molecule has 2 rings (SSSR count). The van der Waals surface area contributed by atoms with Gasteiger partial charge < -0.3 is 9.47 Å². The Balaban J connectivity index is 1.95. The minimum absolute atomic E-state index is 0.0282. The molecule has 0 aromatic heterocycles. The van der Waals surface area contributed by atoms with Crippen LogP contribution in [0.15, 0.2) is 35.2 Å². The molecule has 7 heteroatoms. The van der Waals surface area contributed by atoms with Gasteiger partial charge in [0.15, 0.2) is 0 Å². The predicted molar refractivity (Wildman–Crippen MR) is 113 cm³/mol. The molecular formula is C22H29NO5S. The number of hydrogen-bond acceptors (Lipinski definition) is 5. The lowest BCUT2D eigenvalue weighted by atomic mass is 10.0. The Morgan fingerprint density at radius 2 is 1.52 bits per heavy atom. The molecule has 0 amide bonds. The Bertz CT molecular complexity index is 955. The molecule has 1 N–H and O–H groups in total. The number of carbonyl (C=O) groups excluding carboxylic acids is 1. The normalized spacial score (nSPS) is 12.5. The van der Waals surface area contributed by atoms with E-state index >= 15 is 0 Å². The van der Waals surface area contributed by atoms with Gasteiger partial charge in [0.1, 0.15) is 25.0 Å². The smallest absolute Gasteiger partial charge is 0.324 e. The highest BCUT2D eigenvalue weighted by Gasteiger charge is 2.27. The standard InChI is InChI=1S/C22H29NO5S/c1-14-7-9-20(10-8-14)27-11-12-28-22(24)19(6)23-29(25,26)21-17(4)15(2)13-16(3)18(21)5/h7-10,13,19,23H,11-12H2,1-6H3/t19-/m0/s1. The van der Waals surface area contributed by atoms with E-state index in [1.165, 1.54) is 6.92 Å². The van der Waals surface area contributed by atoms with Crippen molar-refractivity contribution in [2.75, 3.05) is 13.2 Å². The number of esters is 1. The summed E-state index contributed by atoms with van der Waals surface area (Å²) in [7, 11) is -3.87. The molecule has 6 nitrogen and oxygen atoms in total. The maximum absolute atomic E-state index is 12.9. The monoisotopic (exact) mass is 419 g/mol. The largest absolute Gasteiger partial charge is 0.490 e. The van der Waals surface area contributed by atoms with E-state index in [0.29, 0.717) is 16.9 Å². The third-order valence-electron chi connectivity index (χ3n) is 4.87. The van der Waals surface area contributed by atoms with Crippen LogP contribution in [0.1, 0.15) is 34.7 Å². The molecule has 0 aliphatic heterocycles. The summed E-state index contributed by atoms with van der Waals surface area (Å²) in [4.78, 5) is 12.4. The topological polar surface area (TPSA) is 81.7 Å². The Labute approximate surface area is 173 Å². The third-order valence-corrected chi connectivity index (χ3v) is 6.68. The molecule has 0 aliphatic carbocycles. The van der Waals surface area contributed by atoms with Gasteiger partial charge in [-0.25, -0.2) is 8.42 Å². The van der Waals surface area contributed by atoms with Crippen molar-refractivity contribution < 1.29 is 22.7 Å². The molecule has 0 spiro atoms. The van der Waals surface area contributed by atoms with Gasteiger partial charge in [0.05, 0.1) is 4.90 Å². The van der Waals surface area contributed by atoms with Gasteiger partial charge in [-0.1, -0.05) is 23.8 Å². The van der Waals surface area contributed by atoms with Crippen molar-refractivity contribution in [1.82, 2.24) is 4.72 Å². The molecule has 0 heterocycles. The number of carbonyl (C=O) groups is 1. The first kappa shape index (κ1) is 22.9. The van der Waals surface area contributed by atoms with Gasteiger partial charge in [0.2, 0.25) is 10.0 Å². The van der Waals surface area contributed by atoms with E-state index < -0.39 is 22.0 Å². The second-order valence-corrected chi connectivity index (χ2v) is 8.91. The zero-order chi connectivity index (χ0) is 21.8. The van der Waals surface area contributed by atoms with Crippen molar-refractivity contribution >= 4 is 16.0 Å². The van der Waals surface area contributed by atoms with Crippen molar-refractivity contribution in [1.29, 1.82) is 0 Å². The SMILES string of the molecule is Cc1ccc(OCCOC(=O)[C@H](C)NS(=O)(=O)c2c(C)c(C)cc(C)c2C)cc1. The van der Waals surface area contributed by atoms with E-state index in [0.717, 1.165) is 16.7 Å². The fourth-order valence-electron chi connectivity index (χ4n) is 2.98. The van der Waals surface area contributed by atoms with Crippen LogP contribution in [0.5, 0.6) is 5.75 Å². The molecule has 0 aliphatic rings. The van der Waals surface area contributed by atoms with Gasteiger partial charge in [-0.05, 0) is 75.9 Å². The Morgan fingerprint density at radius 1 is 0.966 bits per heavy atom. The summed E-state index contributed by atoms with van der Waals surface area (Å²) in [5.41, 5.74) is 4.24. The maximum Gasteiger partial charge on any atom is 0.324 e. The van der Waals surface area contributed by atoms with Crippen LogP contribution in [0.3, 0.4) is 0 Å². The van der Waals surface area contributed by atoms with Gasteiger partial charge in [0.25, 0.3) is 0 Å². The quantitative estimate of drug-likeness (QED) is 0.523. The second kappa shape index (κ2) is 9.41. The lowest BCUT2D eigenvalue weighted by Gasteiger charge is -2.18. The summed E-state index contributed by atoms with van der Waals surface area (Å²) in [5, 5.41) is 0. The van der Waals surface area contributed by atoms with Gasteiger partial charge in [0, 0.05) is 0 Å². The van der Waals surface area contributed by atoms with Crippen LogP contribution in [-0.4, -0.2) is 33.6 Å². The predicted octanol–water partition coefficient (Wildman–Crippen LogP) is 3.52. The fourth-order valence-corrected chi connectivity index (χ4v) is 4.79. The highest BCUT2D eigenvalue weighted by Crippen LogP contribution is 2.26. The zero-order valence-electron chi connectivity index (χ0n) is 17.8. The van der Waals surface area contributed by atoms with Crippen molar-refractivity contribution in [3.63, 3.8) is 0 Å². The van der Waals surface area contributed by atoms with Gasteiger partial charge in [-0.3, -0.25) is 4.79 Å². The molecule has 0 bridgehead atoms. The van der Waals surface area contributed by atoms with Crippen molar-refractivity contribution in [2.45, 2.75) is 52.5 Å². The highest BCUT2D eigenvalue weighted by molar-refractivity contribution is 7.89. The van der Waals surface area contributed by atoms with Gasteiger partial charge in [-0.15, -0.1) is 0 Å². The van der Waals surface area contributed by atoms with Crippen LogP contribution < -0.4 is 9.46 Å². The van der Waals surface area contributed by atoms with Crippen LogP contribution in [-0.2, 0) is 19.6 Å². The molecule has 158 valence electrons. The van der Waals surface area contributed by atoms with Crippen LogP contribution in [0.2, 0.25) is 0 Å². The number of nitrogens with one attached hydrogen (secondary N) is 1. The Kier molecular flexibility index (Phi) is 7.43. The van der Waals surface area contributed by atoms with Crippen molar-refractivity contribution in [2.24, 2.45) is 0 Å². The number of benzene rings is 2. The van der Waals surface area contributed by atoms with Crippen molar-refractivity contribution in [3.05, 3.63) is 58.1 Å². The summed E-state index contributed by atoms with van der Waals surface area (Å²) < 4.78 is 38.9. The van der Waals surface area contributed by atoms with E-state index in [1.54, 1.807) is 13.8 Å². The lowest BCUT2D eigenvalue weighted by molar-refractivity contribution is -0.145. The first-order valence-electron chi connectivity index (χ1n) is 9.48. The van der Waals surface area contributed by atoms with E-state index in [2.05, 4.69) is 4.72 Å².